The van der Waals surface area contributed by atoms with Crippen molar-refractivity contribution in [3.8, 4) is 5.75 Å². The Hall–Kier alpha value is -2.60. The van der Waals surface area contributed by atoms with Crippen molar-refractivity contribution in [2.24, 2.45) is 0 Å². The second kappa shape index (κ2) is 7.11. The molecule has 0 saturated carbocycles. The first kappa shape index (κ1) is 16.8. The quantitative estimate of drug-likeness (QED) is 0.662. The second-order valence-electron chi connectivity index (χ2n) is 4.96. The Bertz CT molecular complexity index is 749. The lowest BCUT2D eigenvalue weighted by Crippen LogP contribution is -2.30. The van der Waals surface area contributed by atoms with Crippen LogP contribution in [0, 0.1) is 17.0 Å². The minimum Gasteiger partial charge on any atom is -0.481 e. The first-order valence-electron chi connectivity index (χ1n) is 6.85. The van der Waals surface area contributed by atoms with Crippen LogP contribution in [0.5, 0.6) is 5.75 Å². The van der Waals surface area contributed by atoms with Gasteiger partial charge < -0.3 is 10.1 Å². The van der Waals surface area contributed by atoms with E-state index in [4.69, 9.17) is 16.3 Å². The lowest BCUT2D eigenvalue weighted by Gasteiger charge is -2.15. The molecule has 1 N–H and O–H groups in total. The predicted octanol–water partition coefficient (Wildman–Crippen LogP) is 3.96. The van der Waals surface area contributed by atoms with E-state index < -0.39 is 11.0 Å². The smallest absolute Gasteiger partial charge is 0.273 e. The van der Waals surface area contributed by atoms with Crippen LogP contribution in [0.3, 0.4) is 0 Å². The standard InChI is InChI=1S/C16H15ClN2O4/c1-10-6-7-12(17)8-15(10)18-16(20)11(2)23-14-5-3-4-13(9-14)19(21)22/h3-9,11H,1-2H3,(H,18,20)/t11-/m0/s1. The fraction of sp³-hybridized carbons (Fsp3) is 0.188. The van der Waals surface area contributed by atoms with Crippen LogP contribution < -0.4 is 10.1 Å². The second-order valence-corrected chi connectivity index (χ2v) is 5.40. The molecule has 1 amide bonds. The number of halogens is 1. The summed E-state index contributed by atoms with van der Waals surface area (Å²) in [7, 11) is 0. The summed E-state index contributed by atoms with van der Waals surface area (Å²) < 4.78 is 5.46. The van der Waals surface area contributed by atoms with Gasteiger partial charge in [-0.25, -0.2) is 0 Å². The maximum atomic E-state index is 12.2. The molecular formula is C16H15ClN2O4. The normalized spacial score (nSPS) is 11.6. The number of nitrogens with zero attached hydrogens (tertiary/aromatic N) is 1. The summed E-state index contributed by atoms with van der Waals surface area (Å²) in [5.41, 5.74) is 1.36. The van der Waals surface area contributed by atoms with Gasteiger partial charge in [0.2, 0.25) is 0 Å². The van der Waals surface area contributed by atoms with Crippen molar-refractivity contribution in [2.45, 2.75) is 20.0 Å². The molecule has 2 rings (SSSR count). The predicted molar refractivity (Wildman–Crippen MR) is 88.0 cm³/mol. The Morgan fingerprint density at radius 2 is 2.04 bits per heavy atom. The number of non-ortho nitro benzene ring substituents is 1. The number of anilines is 1. The third-order valence-electron chi connectivity index (χ3n) is 3.17. The van der Waals surface area contributed by atoms with Crippen LogP contribution in [0.4, 0.5) is 11.4 Å². The largest absolute Gasteiger partial charge is 0.481 e. The van der Waals surface area contributed by atoms with Crippen LogP contribution >= 0.6 is 11.6 Å². The van der Waals surface area contributed by atoms with Gasteiger partial charge in [-0.1, -0.05) is 23.7 Å². The number of rotatable bonds is 5. The average molecular weight is 335 g/mol. The molecule has 0 spiro atoms. The molecule has 0 aliphatic carbocycles. The molecule has 0 saturated heterocycles. The van der Waals surface area contributed by atoms with Gasteiger partial charge in [-0.3, -0.25) is 14.9 Å². The van der Waals surface area contributed by atoms with E-state index in [2.05, 4.69) is 5.32 Å². The Labute approximate surface area is 138 Å². The number of carbonyl (C=O) groups excluding carboxylic acids is 1. The van der Waals surface area contributed by atoms with Gasteiger partial charge in [-0.2, -0.15) is 0 Å². The lowest BCUT2D eigenvalue weighted by atomic mass is 10.2. The Balaban J connectivity index is 2.07. The number of amides is 1. The maximum absolute atomic E-state index is 12.2. The molecule has 0 unspecified atom stereocenters. The Kier molecular flexibility index (Phi) is 5.18. The van der Waals surface area contributed by atoms with Gasteiger partial charge in [0.05, 0.1) is 11.0 Å². The van der Waals surface area contributed by atoms with E-state index >= 15 is 0 Å². The van der Waals surface area contributed by atoms with Crippen LogP contribution in [0.2, 0.25) is 5.02 Å². The van der Waals surface area contributed by atoms with Gasteiger partial charge in [0.15, 0.2) is 6.10 Å². The van der Waals surface area contributed by atoms with Gasteiger partial charge in [0.25, 0.3) is 11.6 Å². The first-order chi connectivity index (χ1) is 10.9. The van der Waals surface area contributed by atoms with Gasteiger partial charge in [0, 0.05) is 16.8 Å². The molecule has 23 heavy (non-hydrogen) atoms. The first-order valence-corrected chi connectivity index (χ1v) is 7.23. The zero-order chi connectivity index (χ0) is 17.0. The van der Waals surface area contributed by atoms with E-state index in [1.165, 1.54) is 18.2 Å². The average Bonchev–Trinajstić information content (AvgIpc) is 2.51. The molecule has 120 valence electrons. The van der Waals surface area contributed by atoms with E-state index in [0.717, 1.165) is 5.56 Å². The van der Waals surface area contributed by atoms with Crippen LogP contribution in [0.25, 0.3) is 0 Å². The molecule has 0 bridgehead atoms. The number of ether oxygens (including phenoxy) is 1. The highest BCUT2D eigenvalue weighted by Gasteiger charge is 2.17. The van der Waals surface area contributed by atoms with E-state index in [1.54, 1.807) is 31.2 Å². The van der Waals surface area contributed by atoms with Crippen molar-refractivity contribution < 1.29 is 14.5 Å². The van der Waals surface area contributed by atoms with Gasteiger partial charge >= 0.3 is 0 Å². The van der Waals surface area contributed by atoms with Gasteiger partial charge in [-0.05, 0) is 37.6 Å². The maximum Gasteiger partial charge on any atom is 0.273 e. The van der Waals surface area contributed by atoms with E-state index in [9.17, 15) is 14.9 Å². The fourth-order valence-corrected chi connectivity index (χ4v) is 2.06. The summed E-state index contributed by atoms with van der Waals surface area (Å²) in [6.45, 7) is 3.41. The molecule has 1 atom stereocenters. The van der Waals surface area contributed by atoms with Crippen molar-refractivity contribution in [3.63, 3.8) is 0 Å². The van der Waals surface area contributed by atoms with E-state index in [1.807, 2.05) is 6.92 Å². The highest BCUT2D eigenvalue weighted by molar-refractivity contribution is 6.31. The topological polar surface area (TPSA) is 81.5 Å². The summed E-state index contributed by atoms with van der Waals surface area (Å²) in [5, 5.41) is 14.0. The van der Waals surface area contributed by atoms with Crippen LogP contribution in [-0.2, 0) is 4.79 Å². The number of hydrogen-bond acceptors (Lipinski definition) is 4. The molecule has 0 heterocycles. The molecule has 0 aliphatic rings. The number of nitrogens with one attached hydrogen (secondary N) is 1. The van der Waals surface area contributed by atoms with Crippen molar-refractivity contribution in [1.82, 2.24) is 0 Å². The molecule has 2 aromatic rings. The third kappa shape index (κ3) is 4.43. The van der Waals surface area contributed by atoms with Crippen molar-refractivity contribution >= 4 is 28.9 Å². The Morgan fingerprint density at radius 1 is 1.30 bits per heavy atom. The van der Waals surface area contributed by atoms with Gasteiger partial charge in [-0.15, -0.1) is 0 Å². The number of nitro groups is 1. The van der Waals surface area contributed by atoms with Crippen LogP contribution in [-0.4, -0.2) is 16.9 Å². The third-order valence-corrected chi connectivity index (χ3v) is 3.40. The minimum atomic E-state index is -0.824. The zero-order valence-corrected chi connectivity index (χ0v) is 13.3. The van der Waals surface area contributed by atoms with E-state index in [0.29, 0.717) is 10.7 Å². The molecule has 6 nitrogen and oxygen atoms in total. The number of carbonyl (C=O) groups is 1. The minimum absolute atomic E-state index is 0.0965. The van der Waals surface area contributed by atoms with Crippen LogP contribution in [0.1, 0.15) is 12.5 Å². The highest BCUT2D eigenvalue weighted by atomic mass is 35.5. The van der Waals surface area contributed by atoms with Crippen LogP contribution in [0.15, 0.2) is 42.5 Å². The van der Waals surface area contributed by atoms with Gasteiger partial charge in [0.1, 0.15) is 5.75 Å². The molecule has 2 aromatic carbocycles. The number of benzene rings is 2. The monoisotopic (exact) mass is 334 g/mol. The molecule has 0 fully saturated rings. The SMILES string of the molecule is Cc1ccc(Cl)cc1NC(=O)[C@H](C)Oc1cccc([N+](=O)[O-])c1. The van der Waals surface area contributed by atoms with Crippen molar-refractivity contribution in [3.05, 3.63) is 63.2 Å². The zero-order valence-electron chi connectivity index (χ0n) is 12.6. The summed E-state index contributed by atoms with van der Waals surface area (Å²) in [4.78, 5) is 22.4. The lowest BCUT2D eigenvalue weighted by molar-refractivity contribution is -0.384. The molecule has 7 heteroatoms. The number of hydrogen-bond donors (Lipinski definition) is 1. The number of nitro benzene ring substituents is 1. The van der Waals surface area contributed by atoms with Crippen molar-refractivity contribution in [1.29, 1.82) is 0 Å². The van der Waals surface area contributed by atoms with E-state index in [-0.39, 0.29) is 17.3 Å². The molecule has 0 radical (unpaired) electrons. The molecule has 0 aromatic heterocycles. The summed E-state index contributed by atoms with van der Waals surface area (Å²) in [6.07, 6.45) is -0.824. The van der Waals surface area contributed by atoms with Crippen molar-refractivity contribution in [2.75, 3.05) is 5.32 Å². The number of aryl methyl sites for hydroxylation is 1. The Morgan fingerprint density at radius 3 is 2.74 bits per heavy atom. The fourth-order valence-electron chi connectivity index (χ4n) is 1.89. The molecule has 0 aliphatic heterocycles. The summed E-state index contributed by atoms with van der Waals surface area (Å²) in [5.74, 6) is -0.119. The highest BCUT2D eigenvalue weighted by Crippen LogP contribution is 2.22. The molecular weight excluding hydrogens is 320 g/mol. The summed E-state index contributed by atoms with van der Waals surface area (Å²) >= 11 is 5.91. The summed E-state index contributed by atoms with van der Waals surface area (Å²) in [6, 6.07) is 10.9.